The Kier molecular flexibility index (Phi) is 7.58. The van der Waals surface area contributed by atoms with E-state index < -0.39 is 10.0 Å². The number of rotatable bonds is 7. The molecule has 0 radical (unpaired) electrons. The number of carbonyl (C=O) groups excluding carboxylic acids is 1. The Balaban J connectivity index is 1.53. The number of sulfonamides is 1. The van der Waals surface area contributed by atoms with Crippen molar-refractivity contribution in [2.24, 2.45) is 0 Å². The Labute approximate surface area is 182 Å². The number of pyridine rings is 1. The monoisotopic (exact) mass is 449 g/mol. The number of benzene rings is 1. The number of nitrogens with one attached hydrogen (secondary N) is 2. The molecule has 1 aliphatic rings. The van der Waals surface area contributed by atoms with Crippen molar-refractivity contribution in [3.05, 3.63) is 59.2 Å². The molecule has 1 saturated heterocycles. The minimum atomic E-state index is -3.19. The van der Waals surface area contributed by atoms with E-state index in [4.69, 9.17) is 0 Å². The first-order chi connectivity index (χ1) is 14.8. The van der Waals surface area contributed by atoms with Crippen LogP contribution in [-0.2, 0) is 23.1 Å². The Morgan fingerprint density at radius 3 is 2.55 bits per heavy atom. The molecule has 168 valence electrons. The Hall–Kier alpha value is -2.56. The van der Waals surface area contributed by atoms with Gasteiger partial charge in [-0.1, -0.05) is 6.07 Å². The lowest BCUT2D eigenvalue weighted by Crippen LogP contribution is -2.48. The van der Waals surface area contributed by atoms with Crippen molar-refractivity contribution < 1.29 is 17.6 Å². The normalized spacial score (nSPS) is 15.6. The number of urea groups is 1. The molecular formula is C21H28FN5O3S. The zero-order chi connectivity index (χ0) is 22.4. The van der Waals surface area contributed by atoms with Crippen LogP contribution in [0.5, 0.6) is 0 Å². The largest absolute Gasteiger partial charge is 0.334 e. The summed E-state index contributed by atoms with van der Waals surface area (Å²) in [5.41, 5.74) is 2.75. The molecule has 0 spiro atoms. The maximum atomic E-state index is 14.3. The highest BCUT2D eigenvalue weighted by Crippen LogP contribution is 2.16. The highest BCUT2D eigenvalue weighted by molar-refractivity contribution is 7.89. The molecular weight excluding hydrogens is 421 g/mol. The van der Waals surface area contributed by atoms with Gasteiger partial charge in [0, 0.05) is 50.5 Å². The summed E-state index contributed by atoms with van der Waals surface area (Å²) >= 11 is 0. The molecule has 0 bridgehead atoms. The van der Waals surface area contributed by atoms with E-state index in [0.717, 1.165) is 11.3 Å². The van der Waals surface area contributed by atoms with Gasteiger partial charge in [-0.25, -0.2) is 17.6 Å². The Morgan fingerprint density at radius 1 is 1.16 bits per heavy atom. The molecule has 10 heteroatoms. The van der Waals surface area contributed by atoms with Crippen molar-refractivity contribution in [3.63, 3.8) is 0 Å². The minimum Gasteiger partial charge on any atom is -0.334 e. The Morgan fingerprint density at radius 2 is 1.90 bits per heavy atom. The molecule has 2 aromatic rings. The number of hydrogen-bond donors (Lipinski definition) is 2. The van der Waals surface area contributed by atoms with Crippen LogP contribution >= 0.6 is 0 Å². The van der Waals surface area contributed by atoms with Gasteiger partial charge in [-0.05, 0) is 43.7 Å². The highest BCUT2D eigenvalue weighted by atomic mass is 32.2. The van der Waals surface area contributed by atoms with Crippen LogP contribution in [0.15, 0.2) is 36.5 Å². The number of aryl methyl sites for hydroxylation is 1. The lowest BCUT2D eigenvalue weighted by molar-refractivity contribution is 0.180. The molecule has 2 heterocycles. The third-order valence-electron chi connectivity index (χ3n) is 5.22. The molecule has 1 aromatic heterocycles. The van der Waals surface area contributed by atoms with Crippen LogP contribution < -0.4 is 10.6 Å². The lowest BCUT2D eigenvalue weighted by Gasteiger charge is -2.33. The van der Waals surface area contributed by atoms with E-state index in [0.29, 0.717) is 44.0 Å². The van der Waals surface area contributed by atoms with Gasteiger partial charge in [-0.3, -0.25) is 9.88 Å². The van der Waals surface area contributed by atoms with Crippen LogP contribution in [0.2, 0.25) is 0 Å². The number of nitrogens with zero attached hydrogens (tertiary/aromatic N) is 3. The standard InChI is InChI=1S/C21H28FN5O3S/c1-3-31(29,30)27-10-8-26(9-11-27)15-18-12-17(5-7-20(18)22)13-24-21(28)25-19-6-4-16(2)23-14-19/h4-7,12,14H,3,8-11,13,15H2,1-2H3,(H2,24,25,28). The summed E-state index contributed by atoms with van der Waals surface area (Å²) in [6.45, 7) is 6.06. The second kappa shape index (κ2) is 10.2. The predicted molar refractivity (Wildman–Crippen MR) is 118 cm³/mol. The number of carbonyl (C=O) groups is 1. The van der Waals surface area contributed by atoms with Gasteiger partial charge in [0.2, 0.25) is 10.0 Å². The van der Waals surface area contributed by atoms with E-state index in [1.807, 2.05) is 11.8 Å². The smallest absolute Gasteiger partial charge is 0.319 e. The summed E-state index contributed by atoms with van der Waals surface area (Å²) in [6.07, 6.45) is 1.58. The van der Waals surface area contributed by atoms with E-state index in [-0.39, 0.29) is 24.1 Å². The summed E-state index contributed by atoms with van der Waals surface area (Å²) < 4.78 is 39.8. The van der Waals surface area contributed by atoms with Crippen LogP contribution in [0.3, 0.4) is 0 Å². The average molecular weight is 450 g/mol. The van der Waals surface area contributed by atoms with Gasteiger partial charge in [0.1, 0.15) is 5.82 Å². The lowest BCUT2D eigenvalue weighted by atomic mass is 10.1. The Bertz CT molecular complexity index is 1010. The summed E-state index contributed by atoms with van der Waals surface area (Å²) in [5, 5.41) is 5.46. The fourth-order valence-electron chi connectivity index (χ4n) is 3.35. The summed E-state index contributed by atoms with van der Waals surface area (Å²) in [4.78, 5) is 18.3. The fraction of sp³-hybridized carbons (Fsp3) is 0.429. The molecule has 2 N–H and O–H groups in total. The second-order valence-corrected chi connectivity index (χ2v) is 9.76. The number of anilines is 1. The molecule has 1 aromatic carbocycles. The van der Waals surface area contributed by atoms with Gasteiger partial charge in [0.15, 0.2) is 0 Å². The van der Waals surface area contributed by atoms with Gasteiger partial charge < -0.3 is 10.6 Å². The van der Waals surface area contributed by atoms with E-state index in [2.05, 4.69) is 15.6 Å². The summed E-state index contributed by atoms with van der Waals surface area (Å²) in [6, 6.07) is 7.97. The number of hydrogen-bond acceptors (Lipinski definition) is 5. The molecule has 1 fully saturated rings. The molecule has 0 atom stereocenters. The van der Waals surface area contributed by atoms with E-state index in [1.165, 1.54) is 10.4 Å². The summed E-state index contributed by atoms with van der Waals surface area (Å²) in [5.74, 6) is -0.229. The quantitative estimate of drug-likeness (QED) is 0.677. The molecule has 2 amide bonds. The van der Waals surface area contributed by atoms with Crippen LogP contribution in [0.1, 0.15) is 23.7 Å². The van der Waals surface area contributed by atoms with Crippen LogP contribution in [0.4, 0.5) is 14.9 Å². The molecule has 0 saturated carbocycles. The van der Waals surface area contributed by atoms with Crippen molar-refractivity contribution in [2.45, 2.75) is 26.9 Å². The van der Waals surface area contributed by atoms with Gasteiger partial charge in [-0.2, -0.15) is 4.31 Å². The minimum absolute atomic E-state index is 0.0880. The van der Waals surface area contributed by atoms with Crippen molar-refractivity contribution >= 4 is 21.7 Å². The van der Waals surface area contributed by atoms with Crippen molar-refractivity contribution in [3.8, 4) is 0 Å². The number of piperazine rings is 1. The van der Waals surface area contributed by atoms with Crippen molar-refractivity contribution in [2.75, 3.05) is 37.2 Å². The zero-order valence-electron chi connectivity index (χ0n) is 17.8. The molecule has 1 aliphatic heterocycles. The van der Waals surface area contributed by atoms with Crippen molar-refractivity contribution in [1.29, 1.82) is 0 Å². The molecule has 31 heavy (non-hydrogen) atoms. The molecule has 3 rings (SSSR count). The first-order valence-electron chi connectivity index (χ1n) is 10.2. The van der Waals surface area contributed by atoms with Gasteiger partial charge in [0.25, 0.3) is 0 Å². The third-order valence-corrected chi connectivity index (χ3v) is 7.10. The molecule has 0 unspecified atom stereocenters. The molecule has 0 aliphatic carbocycles. The van der Waals surface area contributed by atoms with Crippen LogP contribution in [-0.4, -0.2) is 60.6 Å². The zero-order valence-corrected chi connectivity index (χ0v) is 18.6. The first-order valence-corrected chi connectivity index (χ1v) is 11.8. The van der Waals surface area contributed by atoms with E-state index >= 15 is 0 Å². The van der Waals surface area contributed by atoms with Crippen LogP contribution in [0.25, 0.3) is 0 Å². The number of aromatic nitrogens is 1. The van der Waals surface area contributed by atoms with Gasteiger partial charge in [0.05, 0.1) is 17.6 Å². The summed E-state index contributed by atoms with van der Waals surface area (Å²) in [7, 11) is -3.19. The topological polar surface area (TPSA) is 94.6 Å². The third kappa shape index (κ3) is 6.46. The van der Waals surface area contributed by atoms with Crippen molar-refractivity contribution in [1.82, 2.24) is 19.5 Å². The molecule has 8 nitrogen and oxygen atoms in total. The maximum Gasteiger partial charge on any atom is 0.319 e. The highest BCUT2D eigenvalue weighted by Gasteiger charge is 2.25. The second-order valence-electron chi connectivity index (χ2n) is 7.50. The van der Waals surface area contributed by atoms with E-state index in [9.17, 15) is 17.6 Å². The van der Waals surface area contributed by atoms with Gasteiger partial charge >= 0.3 is 6.03 Å². The number of halogens is 1. The average Bonchev–Trinajstić information content (AvgIpc) is 2.76. The SMILES string of the molecule is CCS(=O)(=O)N1CCN(Cc2cc(CNC(=O)Nc3ccc(C)nc3)ccc2F)CC1. The van der Waals surface area contributed by atoms with Gasteiger partial charge in [-0.15, -0.1) is 0 Å². The number of amides is 2. The maximum absolute atomic E-state index is 14.3. The van der Waals surface area contributed by atoms with E-state index in [1.54, 1.807) is 37.4 Å². The predicted octanol–water partition coefficient (Wildman–Crippen LogP) is 2.32. The van der Waals surface area contributed by atoms with Crippen LogP contribution in [0, 0.1) is 12.7 Å². The fourth-order valence-corrected chi connectivity index (χ4v) is 4.43. The first kappa shape index (κ1) is 23.1.